The number of alkyl halides is 3. The SMILES string of the molecule is C=C(/C=C(\OC)C1(C(F)(F)F)CC1)CC(=O)Cc1ccc(-c2cnc3cc(CCCCC=NC=NC)c(C)cc3n2)cc1F. The second kappa shape index (κ2) is 14.1. The van der Waals surface area contributed by atoms with E-state index >= 15 is 4.39 Å². The zero-order chi connectivity index (χ0) is 31.9. The molecule has 6 nitrogen and oxygen atoms in total. The van der Waals surface area contributed by atoms with Crippen LogP contribution in [0.3, 0.4) is 0 Å². The van der Waals surface area contributed by atoms with Gasteiger partial charge < -0.3 is 4.74 Å². The first-order valence-corrected chi connectivity index (χ1v) is 14.5. The molecule has 0 amide bonds. The molecule has 1 saturated carbocycles. The molecule has 0 N–H and O–H groups in total. The lowest BCUT2D eigenvalue weighted by molar-refractivity contribution is -0.184. The number of ketones is 1. The van der Waals surface area contributed by atoms with Crippen LogP contribution in [-0.4, -0.2) is 48.6 Å². The van der Waals surface area contributed by atoms with E-state index in [9.17, 15) is 18.0 Å². The summed E-state index contributed by atoms with van der Waals surface area (Å²) >= 11 is 0. The predicted octanol–water partition coefficient (Wildman–Crippen LogP) is 8.12. The third kappa shape index (κ3) is 7.84. The molecule has 1 aliphatic carbocycles. The number of aryl methyl sites for hydroxylation is 2. The van der Waals surface area contributed by atoms with Crippen molar-refractivity contribution in [1.82, 2.24) is 9.97 Å². The lowest BCUT2D eigenvalue weighted by Crippen LogP contribution is -2.27. The summed E-state index contributed by atoms with van der Waals surface area (Å²) in [5, 5.41) is 0. The second-order valence-corrected chi connectivity index (χ2v) is 11.1. The van der Waals surface area contributed by atoms with Gasteiger partial charge in [0.25, 0.3) is 0 Å². The van der Waals surface area contributed by atoms with E-state index in [0.29, 0.717) is 16.8 Å². The summed E-state index contributed by atoms with van der Waals surface area (Å²) in [7, 11) is 2.86. The highest BCUT2D eigenvalue weighted by Crippen LogP contribution is 2.62. The summed E-state index contributed by atoms with van der Waals surface area (Å²) in [5.41, 5.74) is 3.13. The zero-order valence-corrected chi connectivity index (χ0v) is 25.2. The normalized spacial score (nSPS) is 14.9. The smallest absolute Gasteiger partial charge is 0.401 e. The van der Waals surface area contributed by atoms with E-state index in [-0.39, 0.29) is 48.4 Å². The molecule has 1 fully saturated rings. The number of halogens is 4. The van der Waals surface area contributed by atoms with Gasteiger partial charge in [-0.05, 0) is 92.0 Å². The second-order valence-electron chi connectivity index (χ2n) is 11.1. The molecule has 1 aromatic heterocycles. The molecule has 232 valence electrons. The maximum absolute atomic E-state index is 15.1. The molecule has 1 heterocycles. The highest BCUT2D eigenvalue weighted by atomic mass is 19.4. The molecule has 0 unspecified atom stereocenters. The van der Waals surface area contributed by atoms with Crippen LogP contribution in [0.15, 0.2) is 70.5 Å². The van der Waals surface area contributed by atoms with Gasteiger partial charge in [-0.25, -0.2) is 14.4 Å². The Balaban J connectivity index is 1.39. The van der Waals surface area contributed by atoms with E-state index in [4.69, 9.17) is 9.72 Å². The molecular weight excluding hydrogens is 572 g/mol. The van der Waals surface area contributed by atoms with Gasteiger partial charge in [0.05, 0.1) is 30.0 Å². The maximum atomic E-state index is 15.1. The first-order chi connectivity index (χ1) is 21.0. The summed E-state index contributed by atoms with van der Waals surface area (Å²) in [4.78, 5) is 29.8. The van der Waals surface area contributed by atoms with Crippen LogP contribution in [0.4, 0.5) is 17.6 Å². The Morgan fingerprint density at radius 2 is 1.91 bits per heavy atom. The van der Waals surface area contributed by atoms with Gasteiger partial charge in [0.2, 0.25) is 0 Å². The van der Waals surface area contributed by atoms with Crippen molar-refractivity contribution in [3.8, 4) is 11.3 Å². The van der Waals surface area contributed by atoms with Crippen molar-refractivity contribution in [3.63, 3.8) is 0 Å². The summed E-state index contributed by atoms with van der Waals surface area (Å²) in [6.45, 7) is 5.77. The number of nitrogens with zero attached hydrogens (tertiary/aromatic N) is 4. The molecule has 2 aromatic carbocycles. The molecule has 0 aliphatic heterocycles. The topological polar surface area (TPSA) is 76.8 Å². The molecule has 1 aliphatic rings. The van der Waals surface area contributed by atoms with Crippen molar-refractivity contribution in [1.29, 1.82) is 0 Å². The van der Waals surface area contributed by atoms with E-state index in [1.54, 1.807) is 19.3 Å². The van der Waals surface area contributed by atoms with Crippen molar-refractivity contribution in [2.24, 2.45) is 15.4 Å². The number of carbonyl (C=O) groups is 1. The molecular formula is C34H36F4N4O2. The minimum absolute atomic E-state index is 0.0656. The van der Waals surface area contributed by atoms with E-state index < -0.39 is 17.4 Å². The first kappa shape index (κ1) is 32.7. The average Bonchev–Trinajstić information content (AvgIpc) is 3.79. The van der Waals surface area contributed by atoms with E-state index in [1.165, 1.54) is 37.2 Å². The maximum Gasteiger partial charge on any atom is 0.401 e. The summed E-state index contributed by atoms with van der Waals surface area (Å²) < 4.78 is 60.5. The third-order valence-electron chi connectivity index (χ3n) is 7.80. The number of hydrogen-bond acceptors (Lipinski definition) is 5. The Morgan fingerprint density at radius 1 is 1.14 bits per heavy atom. The largest absolute Gasteiger partial charge is 0.500 e. The highest BCUT2D eigenvalue weighted by Gasteiger charge is 2.66. The van der Waals surface area contributed by atoms with Gasteiger partial charge in [-0.2, -0.15) is 13.2 Å². The zero-order valence-electron chi connectivity index (χ0n) is 25.2. The summed E-state index contributed by atoms with van der Waals surface area (Å²) in [6.07, 6.45) is 4.98. The van der Waals surface area contributed by atoms with Gasteiger partial charge in [-0.1, -0.05) is 18.7 Å². The van der Waals surface area contributed by atoms with Gasteiger partial charge in [-0.15, -0.1) is 0 Å². The van der Waals surface area contributed by atoms with Crippen LogP contribution in [-0.2, 0) is 22.4 Å². The predicted molar refractivity (Wildman–Crippen MR) is 165 cm³/mol. The van der Waals surface area contributed by atoms with Crippen molar-refractivity contribution in [3.05, 3.63) is 83.0 Å². The Hall–Kier alpha value is -4.21. The van der Waals surface area contributed by atoms with Crippen molar-refractivity contribution in [2.75, 3.05) is 14.2 Å². The number of fused-ring (bicyclic) bond motifs is 1. The fourth-order valence-corrected chi connectivity index (χ4v) is 5.16. The molecule has 10 heteroatoms. The van der Waals surface area contributed by atoms with E-state index in [0.717, 1.165) is 36.8 Å². The number of rotatable bonds is 14. The molecule has 4 rings (SSSR count). The third-order valence-corrected chi connectivity index (χ3v) is 7.80. The number of ether oxygens (including phenoxy) is 1. The van der Waals surface area contributed by atoms with Crippen LogP contribution < -0.4 is 0 Å². The molecule has 0 bridgehead atoms. The van der Waals surface area contributed by atoms with Gasteiger partial charge in [0.1, 0.15) is 29.1 Å². The Morgan fingerprint density at radius 3 is 2.57 bits per heavy atom. The van der Waals surface area contributed by atoms with E-state index in [2.05, 4.69) is 21.5 Å². The minimum Gasteiger partial charge on any atom is -0.500 e. The van der Waals surface area contributed by atoms with Gasteiger partial charge in [0.15, 0.2) is 0 Å². The van der Waals surface area contributed by atoms with Crippen LogP contribution in [0.5, 0.6) is 0 Å². The minimum atomic E-state index is -4.44. The van der Waals surface area contributed by atoms with Gasteiger partial charge in [0, 0.05) is 31.7 Å². The summed E-state index contributed by atoms with van der Waals surface area (Å²) in [6, 6.07) is 8.54. The fraction of sp³-hybridized carbons (Fsp3) is 0.382. The fourth-order valence-electron chi connectivity index (χ4n) is 5.16. The number of aliphatic imine (C=N–C) groups is 2. The van der Waals surface area contributed by atoms with Crippen molar-refractivity contribution < 1.29 is 27.1 Å². The number of hydrogen-bond donors (Lipinski definition) is 0. The molecule has 0 saturated heterocycles. The van der Waals surface area contributed by atoms with Gasteiger partial charge >= 0.3 is 6.18 Å². The Bertz CT molecular complexity index is 1620. The Kier molecular flexibility index (Phi) is 10.4. The van der Waals surface area contributed by atoms with Crippen molar-refractivity contribution in [2.45, 2.75) is 64.5 Å². The standard InChI is InChI=1S/C34H36F4N4O2/c1-22(15-32(44-4)33(11-12-33)34(36,37)38)14-27(43)17-25-9-10-26(18-28(25)35)31-20-41-29-19-24(23(2)16-30(29)42-31)8-6-5-7-13-40-21-39-3/h9-10,13,15-16,18-21H,1,5-8,11-12,14,17H2,2-4H3/b32-15-,39-21?,40-13?. The van der Waals surface area contributed by atoms with E-state index in [1.807, 2.05) is 25.3 Å². The number of allylic oxidation sites excluding steroid dienone is 3. The number of methoxy groups -OCH3 is 1. The van der Waals surface area contributed by atoms with Crippen LogP contribution in [0.2, 0.25) is 0 Å². The molecule has 0 spiro atoms. The lowest BCUT2D eigenvalue weighted by Gasteiger charge is -2.21. The number of unbranched alkanes of at least 4 members (excludes halogenated alkanes) is 2. The number of benzene rings is 2. The number of Topliss-reactive ketones (excluding diaryl/α,β-unsaturated/α-hetero) is 1. The molecule has 0 radical (unpaired) electrons. The average molecular weight is 609 g/mol. The number of carbonyl (C=O) groups excluding carboxylic acids is 1. The first-order valence-electron chi connectivity index (χ1n) is 14.5. The van der Waals surface area contributed by atoms with Gasteiger partial charge in [-0.3, -0.25) is 14.8 Å². The summed E-state index contributed by atoms with van der Waals surface area (Å²) in [5.74, 6) is -1.20. The van der Waals surface area contributed by atoms with Crippen molar-refractivity contribution >= 4 is 29.4 Å². The lowest BCUT2D eigenvalue weighted by atomic mass is 9.98. The van der Waals surface area contributed by atoms with Crippen LogP contribution in [0, 0.1) is 18.2 Å². The Labute approximate surface area is 254 Å². The quantitative estimate of drug-likeness (QED) is 0.0463. The molecule has 44 heavy (non-hydrogen) atoms. The van der Waals surface area contributed by atoms with Crippen LogP contribution in [0.25, 0.3) is 22.3 Å². The van der Waals surface area contributed by atoms with Crippen LogP contribution >= 0.6 is 0 Å². The van der Waals surface area contributed by atoms with Crippen LogP contribution in [0.1, 0.15) is 55.2 Å². The highest BCUT2D eigenvalue weighted by molar-refractivity contribution is 5.84. The number of aromatic nitrogens is 2. The molecule has 0 atom stereocenters. The molecule has 3 aromatic rings. The monoisotopic (exact) mass is 608 g/mol.